The van der Waals surface area contributed by atoms with E-state index in [1.807, 2.05) is 0 Å². The van der Waals surface area contributed by atoms with Crippen molar-refractivity contribution in [3.05, 3.63) is 33.3 Å². The molecule has 0 saturated carbocycles. The number of sulfonamides is 1. The number of benzene rings is 1. The van der Waals surface area contributed by atoms with Crippen molar-refractivity contribution in [1.82, 2.24) is 0 Å². The van der Waals surface area contributed by atoms with Crippen molar-refractivity contribution in [3.8, 4) is 0 Å². The van der Waals surface area contributed by atoms with Gasteiger partial charge in [0, 0.05) is 17.6 Å². The fraction of sp³-hybridized carbons (Fsp3) is 0.250. The third kappa shape index (κ3) is 4.55. The lowest BCUT2D eigenvalue weighted by atomic mass is 10.2. The molecule has 17 heavy (non-hydrogen) atoms. The van der Waals surface area contributed by atoms with Crippen LogP contribution in [0.2, 0.25) is 5.02 Å². The molecule has 1 rings (SSSR count). The summed E-state index contributed by atoms with van der Waals surface area (Å²) in [5.74, 6) is -0.323. The SMILES string of the molecule is NS(=O)(=O)CCNc1cc(Cl)ccc1[N+](=O)[O-]. The summed E-state index contributed by atoms with van der Waals surface area (Å²) in [6.45, 7) is -0.0278. The van der Waals surface area contributed by atoms with E-state index in [1.165, 1.54) is 18.2 Å². The maximum atomic E-state index is 10.7. The second-order valence-electron chi connectivity index (χ2n) is 3.21. The van der Waals surface area contributed by atoms with Crippen LogP contribution in [-0.4, -0.2) is 25.6 Å². The Morgan fingerprint density at radius 3 is 2.65 bits per heavy atom. The molecule has 0 heterocycles. The number of nitro benzene ring substituents is 1. The molecule has 0 spiro atoms. The van der Waals surface area contributed by atoms with Crippen molar-refractivity contribution >= 4 is 33.0 Å². The smallest absolute Gasteiger partial charge is 0.292 e. The van der Waals surface area contributed by atoms with Crippen molar-refractivity contribution in [2.45, 2.75) is 0 Å². The summed E-state index contributed by atoms with van der Waals surface area (Å²) in [7, 11) is -3.60. The highest BCUT2D eigenvalue weighted by Crippen LogP contribution is 2.27. The van der Waals surface area contributed by atoms with Crippen LogP contribution >= 0.6 is 11.6 Å². The molecule has 9 heteroatoms. The first-order chi connectivity index (χ1) is 7.79. The van der Waals surface area contributed by atoms with E-state index in [0.717, 1.165) is 0 Å². The van der Waals surface area contributed by atoms with Crippen molar-refractivity contribution in [2.24, 2.45) is 5.14 Å². The van der Waals surface area contributed by atoms with Crippen LogP contribution < -0.4 is 10.5 Å². The van der Waals surface area contributed by atoms with E-state index < -0.39 is 14.9 Å². The largest absolute Gasteiger partial charge is 0.378 e. The fourth-order valence-corrected chi connectivity index (χ4v) is 1.70. The lowest BCUT2D eigenvalue weighted by Crippen LogP contribution is -2.22. The number of nitrogens with two attached hydrogens (primary N) is 1. The number of anilines is 1. The Bertz CT molecular complexity index is 532. The first-order valence-corrected chi connectivity index (χ1v) is 6.57. The molecule has 0 saturated heterocycles. The predicted octanol–water partition coefficient (Wildman–Crippen LogP) is 0.949. The van der Waals surface area contributed by atoms with Crippen LogP contribution in [0.4, 0.5) is 11.4 Å². The van der Waals surface area contributed by atoms with Gasteiger partial charge < -0.3 is 5.32 Å². The van der Waals surface area contributed by atoms with E-state index in [-0.39, 0.29) is 23.7 Å². The van der Waals surface area contributed by atoms with Gasteiger partial charge in [-0.25, -0.2) is 13.6 Å². The molecule has 0 atom stereocenters. The van der Waals surface area contributed by atoms with E-state index >= 15 is 0 Å². The van der Waals surface area contributed by atoms with Gasteiger partial charge in [-0.3, -0.25) is 10.1 Å². The summed E-state index contributed by atoms with van der Waals surface area (Å²) in [6.07, 6.45) is 0. The molecular formula is C8H10ClN3O4S. The van der Waals surface area contributed by atoms with E-state index in [9.17, 15) is 18.5 Å². The summed E-state index contributed by atoms with van der Waals surface area (Å²) in [4.78, 5) is 10.1. The molecule has 0 aromatic heterocycles. The number of hydrogen-bond acceptors (Lipinski definition) is 5. The summed E-state index contributed by atoms with van der Waals surface area (Å²) in [5, 5.41) is 18.4. The van der Waals surface area contributed by atoms with Crippen molar-refractivity contribution < 1.29 is 13.3 Å². The number of nitrogens with one attached hydrogen (secondary N) is 1. The van der Waals surface area contributed by atoms with Gasteiger partial charge in [0.1, 0.15) is 5.69 Å². The normalized spacial score (nSPS) is 11.2. The Balaban J connectivity index is 2.82. The Hall–Kier alpha value is -1.38. The zero-order valence-corrected chi connectivity index (χ0v) is 10.2. The molecule has 7 nitrogen and oxygen atoms in total. The van der Waals surface area contributed by atoms with Gasteiger partial charge in [-0.05, 0) is 12.1 Å². The van der Waals surface area contributed by atoms with Gasteiger partial charge in [-0.15, -0.1) is 0 Å². The van der Waals surface area contributed by atoms with Crippen molar-refractivity contribution in [1.29, 1.82) is 0 Å². The Kier molecular flexibility index (Phi) is 4.27. The summed E-state index contributed by atoms with van der Waals surface area (Å²) >= 11 is 5.68. The van der Waals surface area contributed by atoms with Gasteiger partial charge in [0.2, 0.25) is 10.0 Å². The first kappa shape index (κ1) is 13.7. The van der Waals surface area contributed by atoms with Gasteiger partial charge in [0.05, 0.1) is 10.7 Å². The topological polar surface area (TPSA) is 115 Å². The highest BCUT2D eigenvalue weighted by atomic mass is 35.5. The number of nitro groups is 1. The molecule has 0 aliphatic carbocycles. The molecule has 0 fully saturated rings. The van der Waals surface area contributed by atoms with Crippen LogP contribution in [-0.2, 0) is 10.0 Å². The van der Waals surface area contributed by atoms with E-state index in [0.29, 0.717) is 5.02 Å². The molecule has 0 radical (unpaired) electrons. The number of halogens is 1. The Labute approximate surface area is 103 Å². The first-order valence-electron chi connectivity index (χ1n) is 4.48. The van der Waals surface area contributed by atoms with E-state index in [4.69, 9.17) is 16.7 Å². The molecular weight excluding hydrogens is 270 g/mol. The molecule has 94 valence electrons. The molecule has 1 aromatic carbocycles. The molecule has 0 aliphatic rings. The lowest BCUT2D eigenvalue weighted by molar-refractivity contribution is -0.384. The number of primary sulfonamides is 1. The number of nitrogens with zero attached hydrogens (tertiary/aromatic N) is 1. The lowest BCUT2D eigenvalue weighted by Gasteiger charge is -2.06. The van der Waals surface area contributed by atoms with Crippen LogP contribution in [0.15, 0.2) is 18.2 Å². The van der Waals surface area contributed by atoms with Crippen LogP contribution in [0.25, 0.3) is 0 Å². The second-order valence-corrected chi connectivity index (χ2v) is 5.38. The third-order valence-electron chi connectivity index (χ3n) is 1.86. The average molecular weight is 280 g/mol. The van der Waals surface area contributed by atoms with Crippen LogP contribution in [0.1, 0.15) is 0 Å². The summed E-state index contributed by atoms with van der Waals surface area (Å²) in [5.41, 5.74) is -0.0185. The maximum Gasteiger partial charge on any atom is 0.292 e. The molecule has 3 N–H and O–H groups in total. The van der Waals surface area contributed by atoms with Crippen LogP contribution in [0, 0.1) is 10.1 Å². The minimum absolute atomic E-state index is 0.0278. The van der Waals surface area contributed by atoms with Gasteiger partial charge >= 0.3 is 0 Å². The zero-order chi connectivity index (χ0) is 13.1. The average Bonchev–Trinajstić information content (AvgIpc) is 2.15. The molecule has 1 aromatic rings. The van der Waals surface area contributed by atoms with Crippen molar-refractivity contribution in [2.75, 3.05) is 17.6 Å². The zero-order valence-electron chi connectivity index (χ0n) is 8.59. The highest BCUT2D eigenvalue weighted by Gasteiger charge is 2.14. The second kappa shape index (κ2) is 5.30. The standard InChI is InChI=1S/C8H10ClN3O4S/c9-6-1-2-8(12(13)14)7(5-6)11-3-4-17(10,15)16/h1-2,5,11H,3-4H2,(H2,10,15,16). The minimum Gasteiger partial charge on any atom is -0.378 e. The molecule has 0 unspecified atom stereocenters. The number of hydrogen-bond donors (Lipinski definition) is 2. The summed E-state index contributed by atoms with van der Waals surface area (Å²) < 4.78 is 21.4. The Morgan fingerprint density at radius 1 is 1.47 bits per heavy atom. The van der Waals surface area contributed by atoms with E-state index in [2.05, 4.69) is 5.32 Å². The summed E-state index contributed by atoms with van der Waals surface area (Å²) in [6, 6.07) is 3.97. The van der Waals surface area contributed by atoms with Crippen LogP contribution in [0.5, 0.6) is 0 Å². The monoisotopic (exact) mass is 279 g/mol. The van der Waals surface area contributed by atoms with Crippen molar-refractivity contribution in [3.63, 3.8) is 0 Å². The molecule has 0 bridgehead atoms. The van der Waals surface area contributed by atoms with Gasteiger partial charge in [0.25, 0.3) is 5.69 Å². The Morgan fingerprint density at radius 2 is 2.12 bits per heavy atom. The third-order valence-corrected chi connectivity index (χ3v) is 2.87. The predicted molar refractivity (Wildman–Crippen MR) is 64.6 cm³/mol. The highest BCUT2D eigenvalue weighted by molar-refractivity contribution is 7.89. The maximum absolute atomic E-state index is 10.7. The minimum atomic E-state index is -3.60. The molecule has 0 aliphatic heterocycles. The number of rotatable bonds is 5. The van der Waals surface area contributed by atoms with Gasteiger partial charge in [0.15, 0.2) is 0 Å². The van der Waals surface area contributed by atoms with Gasteiger partial charge in [-0.1, -0.05) is 11.6 Å². The van der Waals surface area contributed by atoms with Crippen LogP contribution in [0.3, 0.4) is 0 Å². The fourth-order valence-electron chi connectivity index (χ4n) is 1.14. The van der Waals surface area contributed by atoms with E-state index in [1.54, 1.807) is 0 Å². The van der Waals surface area contributed by atoms with Gasteiger partial charge in [-0.2, -0.15) is 0 Å². The quantitative estimate of drug-likeness (QED) is 0.615. The molecule has 0 amide bonds.